The minimum atomic E-state index is -4.74. The van der Waals surface area contributed by atoms with Crippen molar-refractivity contribution in [3.05, 3.63) is 60.3 Å². The predicted molar refractivity (Wildman–Crippen MR) is 111 cm³/mol. The Kier molecular flexibility index (Phi) is 6.47. The Morgan fingerprint density at radius 3 is 2.34 bits per heavy atom. The number of nitrogens with one attached hydrogen (secondary N) is 1. The van der Waals surface area contributed by atoms with Gasteiger partial charge in [0.25, 0.3) is 0 Å². The summed E-state index contributed by atoms with van der Waals surface area (Å²) in [5.41, 5.74) is 0.651. The third kappa shape index (κ3) is 7.11. The molecule has 0 bridgehead atoms. The molecule has 0 aliphatic rings. The maximum atomic E-state index is 12.2. The molecule has 2 aromatic heterocycles. The maximum absolute atomic E-state index is 12.2. The molecule has 1 aromatic carbocycles. The van der Waals surface area contributed by atoms with Gasteiger partial charge in [-0.15, -0.1) is 18.3 Å². The molecule has 3 rings (SSSR count). The molecule has 32 heavy (non-hydrogen) atoms. The van der Waals surface area contributed by atoms with Crippen molar-refractivity contribution in [3.8, 4) is 11.4 Å². The number of rotatable bonds is 5. The van der Waals surface area contributed by atoms with Crippen LogP contribution in [0.15, 0.2) is 48.9 Å². The smallest absolute Gasteiger partial charge is 0.444 e. The van der Waals surface area contributed by atoms with Crippen LogP contribution < -0.4 is 10.1 Å². The monoisotopic (exact) mass is 447 g/mol. The standard InChI is InChI=1S/C21H20F3N5O3/c1-20(2,3)32-19(30)27-17-10-4-14(12-25-17)5-11-18-26-13-29(28-18)15-6-8-16(9-7-15)31-21(22,23)24/h4-13H,1-3H3,(H,25,27,30). The molecule has 0 radical (unpaired) electrons. The molecule has 0 saturated carbocycles. The summed E-state index contributed by atoms with van der Waals surface area (Å²) in [5.74, 6) is 0.409. The zero-order valence-electron chi connectivity index (χ0n) is 17.4. The zero-order valence-corrected chi connectivity index (χ0v) is 17.4. The maximum Gasteiger partial charge on any atom is 0.573 e. The minimum absolute atomic E-state index is 0.321. The highest BCUT2D eigenvalue weighted by atomic mass is 19.4. The minimum Gasteiger partial charge on any atom is -0.444 e. The topological polar surface area (TPSA) is 91.2 Å². The van der Waals surface area contributed by atoms with Gasteiger partial charge in [0, 0.05) is 6.20 Å². The number of nitrogens with zero attached hydrogens (tertiary/aromatic N) is 4. The molecule has 0 atom stereocenters. The highest BCUT2D eigenvalue weighted by molar-refractivity contribution is 5.83. The molecular formula is C21H20F3N5O3. The van der Waals surface area contributed by atoms with Gasteiger partial charge in [-0.1, -0.05) is 0 Å². The van der Waals surface area contributed by atoms with Gasteiger partial charge in [0.05, 0.1) is 5.69 Å². The Hall–Kier alpha value is -3.89. The lowest BCUT2D eigenvalue weighted by Gasteiger charge is -2.19. The van der Waals surface area contributed by atoms with E-state index in [4.69, 9.17) is 4.74 Å². The van der Waals surface area contributed by atoms with E-state index >= 15 is 0 Å². The molecule has 8 nitrogen and oxygen atoms in total. The van der Waals surface area contributed by atoms with Gasteiger partial charge < -0.3 is 9.47 Å². The van der Waals surface area contributed by atoms with Crippen molar-refractivity contribution in [2.75, 3.05) is 5.32 Å². The highest BCUT2D eigenvalue weighted by Gasteiger charge is 2.31. The number of hydrogen-bond acceptors (Lipinski definition) is 6. The quantitative estimate of drug-likeness (QED) is 0.587. The summed E-state index contributed by atoms with van der Waals surface area (Å²) in [4.78, 5) is 20.0. The van der Waals surface area contributed by atoms with Gasteiger partial charge in [0.2, 0.25) is 0 Å². The van der Waals surface area contributed by atoms with E-state index < -0.39 is 18.1 Å². The second-order valence-corrected chi connectivity index (χ2v) is 7.53. The fraction of sp³-hybridized carbons (Fsp3) is 0.238. The second-order valence-electron chi connectivity index (χ2n) is 7.53. The number of anilines is 1. The van der Waals surface area contributed by atoms with Crippen LogP contribution in [0.3, 0.4) is 0 Å². The second kappa shape index (κ2) is 9.08. The van der Waals surface area contributed by atoms with Gasteiger partial charge in [-0.05, 0) is 74.9 Å². The fourth-order valence-corrected chi connectivity index (χ4v) is 2.43. The number of pyridine rings is 1. The van der Waals surface area contributed by atoms with Gasteiger partial charge in [0.1, 0.15) is 23.5 Å². The van der Waals surface area contributed by atoms with Crippen LogP contribution in [0.2, 0.25) is 0 Å². The number of ether oxygens (including phenoxy) is 2. The normalized spacial score (nSPS) is 12.1. The number of carbonyl (C=O) groups is 1. The van der Waals surface area contributed by atoms with Gasteiger partial charge in [-0.2, -0.15) is 0 Å². The van der Waals surface area contributed by atoms with Crippen LogP contribution in [0.4, 0.5) is 23.8 Å². The summed E-state index contributed by atoms with van der Waals surface area (Å²) in [6.45, 7) is 5.29. The van der Waals surface area contributed by atoms with E-state index in [0.29, 0.717) is 17.3 Å². The first kappa shape index (κ1) is 22.8. The highest BCUT2D eigenvalue weighted by Crippen LogP contribution is 2.23. The van der Waals surface area contributed by atoms with Crippen molar-refractivity contribution in [2.45, 2.75) is 32.7 Å². The fourth-order valence-electron chi connectivity index (χ4n) is 2.43. The number of hydrogen-bond donors (Lipinski definition) is 1. The van der Waals surface area contributed by atoms with E-state index in [2.05, 4.69) is 25.1 Å². The lowest BCUT2D eigenvalue weighted by atomic mass is 10.2. The Balaban J connectivity index is 1.60. The van der Waals surface area contributed by atoms with E-state index in [1.165, 1.54) is 35.3 Å². The summed E-state index contributed by atoms with van der Waals surface area (Å²) in [7, 11) is 0. The molecule has 1 N–H and O–H groups in total. The Morgan fingerprint density at radius 2 is 1.75 bits per heavy atom. The van der Waals surface area contributed by atoms with E-state index in [9.17, 15) is 18.0 Å². The molecule has 11 heteroatoms. The van der Waals surface area contributed by atoms with Crippen molar-refractivity contribution >= 4 is 24.1 Å². The first-order valence-corrected chi connectivity index (χ1v) is 9.39. The molecule has 0 aliphatic carbocycles. The third-order valence-electron chi connectivity index (χ3n) is 3.68. The van der Waals surface area contributed by atoms with E-state index in [1.54, 1.807) is 51.3 Å². The number of benzene rings is 1. The molecule has 0 fully saturated rings. The first-order valence-electron chi connectivity index (χ1n) is 9.39. The SMILES string of the molecule is CC(C)(C)OC(=O)Nc1ccc(C=Cc2ncn(-c3ccc(OC(F)(F)F)cc3)n2)cn1. The molecule has 0 spiro atoms. The number of amides is 1. The number of halogens is 3. The summed E-state index contributed by atoms with van der Waals surface area (Å²) in [6, 6.07) is 8.62. The number of alkyl halides is 3. The van der Waals surface area contributed by atoms with Crippen LogP contribution in [0.1, 0.15) is 32.2 Å². The van der Waals surface area contributed by atoms with Crippen LogP contribution in [-0.2, 0) is 4.74 Å². The van der Waals surface area contributed by atoms with Crippen molar-refractivity contribution in [3.63, 3.8) is 0 Å². The molecule has 0 saturated heterocycles. The van der Waals surface area contributed by atoms with Crippen LogP contribution in [0.25, 0.3) is 17.8 Å². The van der Waals surface area contributed by atoms with Gasteiger partial charge in [-0.3, -0.25) is 5.32 Å². The van der Waals surface area contributed by atoms with E-state index in [0.717, 1.165) is 5.56 Å². The van der Waals surface area contributed by atoms with Crippen LogP contribution in [-0.4, -0.2) is 37.8 Å². The van der Waals surface area contributed by atoms with E-state index in [1.807, 2.05) is 0 Å². The number of aromatic nitrogens is 4. The first-order chi connectivity index (χ1) is 15.0. The van der Waals surface area contributed by atoms with Crippen molar-refractivity contribution < 1.29 is 27.4 Å². The van der Waals surface area contributed by atoms with Gasteiger partial charge in [-0.25, -0.2) is 19.4 Å². The molecule has 2 heterocycles. The summed E-state index contributed by atoms with van der Waals surface area (Å²) in [6.07, 6.45) is 1.03. The molecule has 168 valence electrons. The molecular weight excluding hydrogens is 427 g/mol. The predicted octanol–water partition coefficient (Wildman–Crippen LogP) is 5.08. The molecule has 1 amide bonds. The van der Waals surface area contributed by atoms with E-state index in [-0.39, 0.29) is 5.75 Å². The van der Waals surface area contributed by atoms with Crippen molar-refractivity contribution in [2.24, 2.45) is 0 Å². The summed E-state index contributed by atoms with van der Waals surface area (Å²) in [5, 5.41) is 6.79. The third-order valence-corrected chi connectivity index (χ3v) is 3.68. The van der Waals surface area contributed by atoms with Gasteiger partial charge >= 0.3 is 12.5 Å². The largest absolute Gasteiger partial charge is 0.573 e. The summed E-state index contributed by atoms with van der Waals surface area (Å²) < 4.78 is 47.2. The molecule has 3 aromatic rings. The zero-order chi connectivity index (χ0) is 23.4. The number of carbonyl (C=O) groups excluding carboxylic acids is 1. The van der Waals surface area contributed by atoms with Crippen LogP contribution >= 0.6 is 0 Å². The molecule has 0 aliphatic heterocycles. The van der Waals surface area contributed by atoms with Crippen molar-refractivity contribution in [1.82, 2.24) is 19.7 Å². The van der Waals surface area contributed by atoms with Gasteiger partial charge in [0.15, 0.2) is 5.82 Å². The average molecular weight is 447 g/mol. The van der Waals surface area contributed by atoms with Crippen LogP contribution in [0, 0.1) is 0 Å². The summed E-state index contributed by atoms with van der Waals surface area (Å²) >= 11 is 0. The Bertz CT molecular complexity index is 1090. The van der Waals surface area contributed by atoms with Crippen molar-refractivity contribution in [1.29, 1.82) is 0 Å². The lowest BCUT2D eigenvalue weighted by molar-refractivity contribution is -0.274. The average Bonchev–Trinajstić information content (AvgIpc) is 3.14. The molecule has 0 unspecified atom stereocenters. The lowest BCUT2D eigenvalue weighted by Crippen LogP contribution is -2.27. The Labute approximate surface area is 181 Å². The van der Waals surface area contributed by atoms with Crippen LogP contribution in [0.5, 0.6) is 5.75 Å². The Morgan fingerprint density at radius 1 is 1.03 bits per heavy atom.